The van der Waals surface area contributed by atoms with E-state index in [4.69, 9.17) is 10.5 Å². The number of hydrogen-bond acceptors (Lipinski definition) is 4. The Morgan fingerprint density at radius 1 is 1.48 bits per heavy atom. The second-order valence-corrected chi connectivity index (χ2v) is 7.36. The Morgan fingerprint density at radius 2 is 2.10 bits per heavy atom. The van der Waals surface area contributed by atoms with Crippen molar-refractivity contribution in [3.63, 3.8) is 0 Å². The van der Waals surface area contributed by atoms with Crippen molar-refractivity contribution in [1.82, 2.24) is 5.32 Å². The van der Waals surface area contributed by atoms with Gasteiger partial charge in [0.1, 0.15) is 0 Å². The van der Waals surface area contributed by atoms with Gasteiger partial charge in [0.15, 0.2) is 0 Å². The van der Waals surface area contributed by atoms with Crippen molar-refractivity contribution in [2.45, 2.75) is 58.6 Å². The number of methoxy groups -OCH3 is 1. The number of aliphatic hydroxyl groups is 1. The van der Waals surface area contributed by atoms with Gasteiger partial charge in [-0.25, -0.2) is 0 Å². The summed E-state index contributed by atoms with van der Waals surface area (Å²) in [5.41, 5.74) is 5.07. The number of ether oxygens (including phenoxy) is 1. The largest absolute Gasteiger partial charge is 0.388 e. The van der Waals surface area contributed by atoms with Gasteiger partial charge < -0.3 is 20.9 Å². The van der Waals surface area contributed by atoms with Gasteiger partial charge in [-0.2, -0.15) is 0 Å². The highest BCUT2D eigenvalue weighted by molar-refractivity contribution is 5.79. The van der Waals surface area contributed by atoms with E-state index in [-0.39, 0.29) is 29.8 Å². The first kappa shape index (κ1) is 18.4. The van der Waals surface area contributed by atoms with Crippen molar-refractivity contribution in [3.8, 4) is 0 Å². The summed E-state index contributed by atoms with van der Waals surface area (Å²) in [4.78, 5) is 12.5. The molecule has 21 heavy (non-hydrogen) atoms. The van der Waals surface area contributed by atoms with Gasteiger partial charge in [0, 0.05) is 38.6 Å². The third-order valence-corrected chi connectivity index (χ3v) is 5.31. The van der Waals surface area contributed by atoms with Crippen molar-refractivity contribution in [1.29, 1.82) is 0 Å². The van der Waals surface area contributed by atoms with E-state index in [9.17, 15) is 9.90 Å². The number of nitrogens with one attached hydrogen (secondary N) is 1. The molecule has 0 saturated heterocycles. The fourth-order valence-corrected chi connectivity index (χ4v) is 3.13. The van der Waals surface area contributed by atoms with Gasteiger partial charge in [-0.15, -0.1) is 0 Å². The first-order chi connectivity index (χ1) is 9.62. The molecular formula is C16H32N2O3. The van der Waals surface area contributed by atoms with Crippen molar-refractivity contribution >= 4 is 5.91 Å². The van der Waals surface area contributed by atoms with E-state index in [1.807, 2.05) is 0 Å². The second kappa shape index (κ2) is 7.07. The van der Waals surface area contributed by atoms with Gasteiger partial charge in [0.2, 0.25) is 5.91 Å². The van der Waals surface area contributed by atoms with Gasteiger partial charge in [0.25, 0.3) is 0 Å². The fraction of sp³-hybridized carbons (Fsp3) is 0.938. The second-order valence-electron chi connectivity index (χ2n) is 7.36. The monoisotopic (exact) mass is 300 g/mol. The average molecular weight is 300 g/mol. The molecular weight excluding hydrogens is 268 g/mol. The molecule has 1 saturated carbocycles. The van der Waals surface area contributed by atoms with E-state index < -0.39 is 5.60 Å². The summed E-state index contributed by atoms with van der Waals surface area (Å²) in [7, 11) is 1.60. The minimum atomic E-state index is -0.938. The summed E-state index contributed by atoms with van der Waals surface area (Å²) in [5.74, 6) is 0.276. The minimum Gasteiger partial charge on any atom is -0.388 e. The molecule has 4 N–H and O–H groups in total. The Balaban J connectivity index is 2.59. The molecule has 124 valence electrons. The lowest BCUT2D eigenvalue weighted by Gasteiger charge is -2.46. The molecule has 0 aromatic carbocycles. The third kappa shape index (κ3) is 4.66. The zero-order chi connectivity index (χ0) is 16.3. The van der Waals surface area contributed by atoms with Gasteiger partial charge in [0.05, 0.1) is 5.60 Å². The Bertz CT molecular complexity index is 355. The number of nitrogens with two attached hydrogens (primary N) is 1. The molecule has 0 bridgehead atoms. The van der Waals surface area contributed by atoms with Crippen molar-refractivity contribution in [2.24, 2.45) is 23.0 Å². The van der Waals surface area contributed by atoms with E-state index >= 15 is 0 Å². The number of carbonyl (C=O) groups is 1. The maximum Gasteiger partial charge on any atom is 0.223 e. The number of carbonyl (C=O) groups excluding carboxylic acids is 1. The zero-order valence-electron chi connectivity index (χ0n) is 14.1. The molecule has 0 radical (unpaired) electrons. The molecule has 1 rings (SSSR count). The summed E-state index contributed by atoms with van der Waals surface area (Å²) in [6, 6.07) is 0.161. The molecule has 1 amide bonds. The molecule has 0 aliphatic heterocycles. The molecule has 0 heterocycles. The van der Waals surface area contributed by atoms with Crippen molar-refractivity contribution < 1.29 is 14.6 Å². The summed E-state index contributed by atoms with van der Waals surface area (Å²) in [6.45, 7) is 8.80. The lowest BCUT2D eigenvalue weighted by Crippen LogP contribution is -2.53. The Hall–Kier alpha value is -0.650. The van der Waals surface area contributed by atoms with Gasteiger partial charge in [-0.05, 0) is 31.1 Å². The SMILES string of the molecule is COCCC(C)(O)CNC(=O)C1CCC(N)C(C)C1(C)C. The fourth-order valence-electron chi connectivity index (χ4n) is 3.13. The summed E-state index contributed by atoms with van der Waals surface area (Å²) >= 11 is 0. The van der Waals surface area contributed by atoms with E-state index in [1.165, 1.54) is 0 Å². The molecule has 0 aromatic rings. The average Bonchev–Trinajstić information content (AvgIpc) is 2.40. The van der Waals surface area contributed by atoms with Crippen LogP contribution in [0.2, 0.25) is 0 Å². The quantitative estimate of drug-likeness (QED) is 0.690. The number of amides is 1. The van der Waals surface area contributed by atoms with E-state index in [1.54, 1.807) is 14.0 Å². The third-order valence-electron chi connectivity index (χ3n) is 5.31. The van der Waals surface area contributed by atoms with E-state index in [2.05, 4.69) is 26.1 Å². The number of hydrogen-bond donors (Lipinski definition) is 3. The minimum absolute atomic E-state index is 0.0245. The van der Waals surface area contributed by atoms with Gasteiger partial charge >= 0.3 is 0 Å². The van der Waals surface area contributed by atoms with Crippen molar-refractivity contribution in [3.05, 3.63) is 0 Å². The Labute approximate surface area is 128 Å². The van der Waals surface area contributed by atoms with Crippen molar-refractivity contribution in [2.75, 3.05) is 20.3 Å². The molecule has 4 atom stereocenters. The standard InChI is InChI=1S/C16H32N2O3/c1-11-13(17)7-6-12(15(11,2)3)14(19)18-10-16(4,20)8-9-21-5/h11-13,20H,6-10,17H2,1-5H3,(H,18,19). The van der Waals surface area contributed by atoms with Crippen LogP contribution in [0.25, 0.3) is 0 Å². The summed E-state index contributed by atoms with van der Waals surface area (Å²) in [5, 5.41) is 13.1. The maximum absolute atomic E-state index is 12.5. The van der Waals surface area contributed by atoms with Gasteiger partial charge in [-0.3, -0.25) is 4.79 Å². The van der Waals surface area contributed by atoms with Crippen LogP contribution >= 0.6 is 0 Å². The van der Waals surface area contributed by atoms with Crippen LogP contribution in [0.4, 0.5) is 0 Å². The molecule has 0 aromatic heterocycles. The van der Waals surface area contributed by atoms with Crippen LogP contribution in [0.15, 0.2) is 0 Å². The zero-order valence-corrected chi connectivity index (χ0v) is 14.1. The maximum atomic E-state index is 12.5. The molecule has 4 unspecified atom stereocenters. The Kier molecular flexibility index (Phi) is 6.20. The van der Waals surface area contributed by atoms with Gasteiger partial charge in [-0.1, -0.05) is 20.8 Å². The normalized spacial score (nSPS) is 31.5. The lowest BCUT2D eigenvalue weighted by atomic mass is 9.61. The summed E-state index contributed by atoms with van der Waals surface area (Å²) < 4.78 is 4.97. The number of rotatable bonds is 6. The smallest absolute Gasteiger partial charge is 0.223 e. The molecule has 1 aliphatic rings. The highest BCUT2D eigenvalue weighted by atomic mass is 16.5. The highest BCUT2D eigenvalue weighted by Gasteiger charge is 2.45. The van der Waals surface area contributed by atoms with Crippen LogP contribution in [0.1, 0.15) is 47.0 Å². The summed E-state index contributed by atoms with van der Waals surface area (Å²) in [6.07, 6.45) is 2.19. The molecule has 0 spiro atoms. The van der Waals surface area contributed by atoms with Crippen LogP contribution in [0, 0.1) is 17.3 Å². The lowest BCUT2D eigenvalue weighted by molar-refractivity contribution is -0.133. The Morgan fingerprint density at radius 3 is 2.67 bits per heavy atom. The molecule has 5 nitrogen and oxygen atoms in total. The van der Waals surface area contributed by atoms with Crippen LogP contribution in [-0.2, 0) is 9.53 Å². The van der Waals surface area contributed by atoms with Crippen LogP contribution < -0.4 is 11.1 Å². The highest BCUT2D eigenvalue weighted by Crippen LogP contribution is 2.44. The van der Waals surface area contributed by atoms with Crippen LogP contribution in [0.3, 0.4) is 0 Å². The topological polar surface area (TPSA) is 84.6 Å². The first-order valence-electron chi connectivity index (χ1n) is 7.86. The first-order valence-corrected chi connectivity index (χ1v) is 7.86. The van der Waals surface area contributed by atoms with Crippen LogP contribution in [0.5, 0.6) is 0 Å². The molecule has 1 fully saturated rings. The predicted octanol–water partition coefficient (Wildman–Crippen LogP) is 1.29. The van der Waals surface area contributed by atoms with Crippen LogP contribution in [-0.4, -0.2) is 42.9 Å². The molecule has 1 aliphatic carbocycles. The van der Waals surface area contributed by atoms with E-state index in [0.717, 1.165) is 12.8 Å². The predicted molar refractivity (Wildman–Crippen MR) is 83.8 cm³/mol. The molecule has 5 heteroatoms. The van der Waals surface area contributed by atoms with E-state index in [0.29, 0.717) is 18.9 Å².